The maximum Gasteiger partial charge on any atom is 0.254 e. The molecule has 0 fully saturated rings. The average Bonchev–Trinajstić information content (AvgIpc) is 2.78. The van der Waals surface area contributed by atoms with Gasteiger partial charge in [-0.3, -0.25) is 9.48 Å². The number of aryl methyl sites for hydroxylation is 1. The van der Waals surface area contributed by atoms with Crippen LogP contribution in [0.3, 0.4) is 0 Å². The molecule has 0 saturated heterocycles. The fraction of sp³-hybridized carbons (Fsp3) is 0.250. The van der Waals surface area contributed by atoms with E-state index in [4.69, 9.17) is 5.73 Å². The minimum atomic E-state index is -0.796. The van der Waals surface area contributed by atoms with Crippen LogP contribution in [-0.2, 0) is 6.54 Å². The predicted octanol–water partition coefficient (Wildman–Crippen LogP) is 0.738. The summed E-state index contributed by atoms with van der Waals surface area (Å²) in [4.78, 5) is 15.3. The summed E-state index contributed by atoms with van der Waals surface area (Å²) in [5.74, 6) is -1.60. The molecule has 0 aliphatic rings. The number of anilines is 1. The van der Waals surface area contributed by atoms with E-state index in [-0.39, 0.29) is 11.4 Å². The Labute approximate surface area is 109 Å². The number of carbonyl (C=O) groups is 1. The molecular weight excluding hydrogens is 249 g/mol. The summed E-state index contributed by atoms with van der Waals surface area (Å²) in [6.45, 7) is 2.79. The molecule has 0 aromatic carbocycles. The summed E-state index contributed by atoms with van der Waals surface area (Å²) < 4.78 is 15.2. The Bertz CT molecular complexity index is 596. The van der Waals surface area contributed by atoms with Gasteiger partial charge < -0.3 is 11.1 Å². The molecule has 2 aromatic heterocycles. The van der Waals surface area contributed by atoms with Crippen LogP contribution in [0, 0.1) is 12.7 Å². The number of aromatic nitrogens is 3. The number of nitrogens with one attached hydrogen (secondary N) is 1. The predicted molar refractivity (Wildman–Crippen MR) is 67.9 cm³/mol. The molecule has 0 unspecified atom stereocenters. The quantitative estimate of drug-likeness (QED) is 0.851. The molecule has 2 heterocycles. The molecule has 0 atom stereocenters. The van der Waals surface area contributed by atoms with Crippen LogP contribution in [0.2, 0.25) is 0 Å². The molecule has 2 rings (SSSR count). The molecule has 3 N–H and O–H groups in total. The third kappa shape index (κ3) is 3.06. The van der Waals surface area contributed by atoms with Crippen LogP contribution in [0.1, 0.15) is 15.9 Å². The highest BCUT2D eigenvalue weighted by atomic mass is 19.1. The molecule has 7 heteroatoms. The Balaban J connectivity index is 1.93. The molecule has 19 heavy (non-hydrogen) atoms. The van der Waals surface area contributed by atoms with Gasteiger partial charge in [-0.1, -0.05) is 0 Å². The zero-order valence-corrected chi connectivity index (χ0v) is 10.4. The Morgan fingerprint density at radius 2 is 2.37 bits per heavy atom. The summed E-state index contributed by atoms with van der Waals surface area (Å²) in [6, 6.07) is 1.29. The second kappa shape index (κ2) is 5.47. The number of hydrogen-bond donors (Lipinski definition) is 2. The maximum atomic E-state index is 13.5. The Morgan fingerprint density at radius 1 is 1.58 bits per heavy atom. The fourth-order valence-electron chi connectivity index (χ4n) is 1.60. The fourth-order valence-corrected chi connectivity index (χ4v) is 1.60. The lowest BCUT2D eigenvalue weighted by molar-refractivity contribution is 0.0948. The number of nitrogens with zero attached hydrogens (tertiary/aromatic N) is 3. The SMILES string of the molecule is Cc1cnn(CCNC(=O)c2ccnc(N)c2F)c1. The van der Waals surface area contributed by atoms with Crippen LogP contribution in [0.15, 0.2) is 24.7 Å². The maximum absolute atomic E-state index is 13.5. The third-order valence-corrected chi connectivity index (χ3v) is 2.55. The van der Waals surface area contributed by atoms with E-state index in [9.17, 15) is 9.18 Å². The normalized spacial score (nSPS) is 10.4. The van der Waals surface area contributed by atoms with E-state index in [0.29, 0.717) is 13.1 Å². The zero-order valence-electron chi connectivity index (χ0n) is 10.4. The van der Waals surface area contributed by atoms with E-state index in [1.807, 2.05) is 13.1 Å². The average molecular weight is 263 g/mol. The monoisotopic (exact) mass is 263 g/mol. The standard InChI is InChI=1S/C12H14FN5O/c1-8-6-17-18(7-8)5-4-16-12(19)9-2-3-15-11(14)10(9)13/h2-3,6-7H,4-5H2,1H3,(H2,14,15)(H,16,19). The number of carbonyl (C=O) groups excluding carboxylic acids is 1. The number of rotatable bonds is 4. The van der Waals surface area contributed by atoms with Crippen LogP contribution >= 0.6 is 0 Å². The van der Waals surface area contributed by atoms with Gasteiger partial charge in [0.2, 0.25) is 0 Å². The minimum absolute atomic E-state index is 0.107. The van der Waals surface area contributed by atoms with Gasteiger partial charge in [-0.2, -0.15) is 5.10 Å². The smallest absolute Gasteiger partial charge is 0.254 e. The van der Waals surface area contributed by atoms with Gasteiger partial charge in [0.05, 0.1) is 18.3 Å². The molecule has 0 saturated carbocycles. The number of nitrogen functional groups attached to an aromatic ring is 1. The molecule has 0 aliphatic heterocycles. The lowest BCUT2D eigenvalue weighted by Gasteiger charge is -2.07. The van der Waals surface area contributed by atoms with E-state index >= 15 is 0 Å². The van der Waals surface area contributed by atoms with E-state index in [1.54, 1.807) is 10.9 Å². The molecule has 1 amide bonds. The Hall–Kier alpha value is -2.44. The third-order valence-electron chi connectivity index (χ3n) is 2.55. The van der Waals surface area contributed by atoms with Gasteiger partial charge in [0.15, 0.2) is 11.6 Å². The summed E-state index contributed by atoms with van der Waals surface area (Å²) in [5.41, 5.74) is 6.23. The first kappa shape index (κ1) is 13.0. The molecule has 0 spiro atoms. The molecule has 6 nitrogen and oxygen atoms in total. The van der Waals surface area contributed by atoms with Gasteiger partial charge in [-0.25, -0.2) is 9.37 Å². The molecule has 0 bridgehead atoms. The summed E-state index contributed by atoms with van der Waals surface area (Å²) in [5, 5.41) is 6.68. The van der Waals surface area contributed by atoms with Crippen molar-refractivity contribution in [2.24, 2.45) is 0 Å². The number of pyridine rings is 1. The Kier molecular flexibility index (Phi) is 3.74. The van der Waals surface area contributed by atoms with Crippen molar-refractivity contribution in [3.05, 3.63) is 41.6 Å². The largest absolute Gasteiger partial charge is 0.381 e. The molecule has 0 aliphatic carbocycles. The van der Waals surface area contributed by atoms with Crippen LogP contribution < -0.4 is 11.1 Å². The van der Waals surface area contributed by atoms with Crippen LogP contribution in [0.25, 0.3) is 0 Å². The van der Waals surface area contributed by atoms with Crippen molar-refractivity contribution in [1.29, 1.82) is 0 Å². The van der Waals surface area contributed by atoms with Gasteiger partial charge in [0, 0.05) is 18.9 Å². The van der Waals surface area contributed by atoms with Crippen molar-refractivity contribution < 1.29 is 9.18 Å². The van der Waals surface area contributed by atoms with Crippen molar-refractivity contribution >= 4 is 11.7 Å². The number of hydrogen-bond acceptors (Lipinski definition) is 4. The highest BCUT2D eigenvalue weighted by Gasteiger charge is 2.13. The van der Waals surface area contributed by atoms with Gasteiger partial charge in [-0.05, 0) is 18.6 Å². The van der Waals surface area contributed by atoms with E-state index in [2.05, 4.69) is 15.4 Å². The van der Waals surface area contributed by atoms with Crippen molar-refractivity contribution in [3.63, 3.8) is 0 Å². The van der Waals surface area contributed by atoms with Crippen LogP contribution in [0.4, 0.5) is 10.2 Å². The van der Waals surface area contributed by atoms with Crippen molar-refractivity contribution in [2.45, 2.75) is 13.5 Å². The van der Waals surface area contributed by atoms with Gasteiger partial charge in [0.25, 0.3) is 5.91 Å². The summed E-state index contributed by atoms with van der Waals surface area (Å²) >= 11 is 0. The zero-order chi connectivity index (χ0) is 13.8. The summed E-state index contributed by atoms with van der Waals surface area (Å²) in [6.07, 6.45) is 4.88. The van der Waals surface area contributed by atoms with Crippen molar-refractivity contribution in [1.82, 2.24) is 20.1 Å². The second-order valence-corrected chi connectivity index (χ2v) is 4.09. The highest BCUT2D eigenvalue weighted by Crippen LogP contribution is 2.11. The first-order valence-electron chi connectivity index (χ1n) is 5.75. The summed E-state index contributed by atoms with van der Waals surface area (Å²) in [7, 11) is 0. The van der Waals surface area contributed by atoms with Crippen LogP contribution in [-0.4, -0.2) is 27.2 Å². The lowest BCUT2D eigenvalue weighted by atomic mass is 10.2. The van der Waals surface area contributed by atoms with Gasteiger partial charge >= 0.3 is 0 Å². The van der Waals surface area contributed by atoms with Gasteiger partial charge in [0.1, 0.15) is 0 Å². The highest BCUT2D eigenvalue weighted by molar-refractivity contribution is 5.95. The van der Waals surface area contributed by atoms with Crippen LogP contribution in [0.5, 0.6) is 0 Å². The van der Waals surface area contributed by atoms with E-state index in [1.165, 1.54) is 12.3 Å². The number of halogens is 1. The molecule has 100 valence electrons. The Morgan fingerprint density at radius 3 is 3.05 bits per heavy atom. The van der Waals surface area contributed by atoms with Crippen molar-refractivity contribution in [2.75, 3.05) is 12.3 Å². The van der Waals surface area contributed by atoms with E-state index < -0.39 is 11.7 Å². The van der Waals surface area contributed by atoms with Gasteiger partial charge in [-0.15, -0.1) is 0 Å². The van der Waals surface area contributed by atoms with Crippen molar-refractivity contribution in [3.8, 4) is 0 Å². The number of nitrogens with two attached hydrogens (primary N) is 1. The second-order valence-electron chi connectivity index (χ2n) is 4.09. The minimum Gasteiger partial charge on any atom is -0.381 e. The van der Waals surface area contributed by atoms with E-state index in [0.717, 1.165) is 5.56 Å². The topological polar surface area (TPSA) is 85.8 Å². The lowest BCUT2D eigenvalue weighted by Crippen LogP contribution is -2.28. The first-order valence-corrected chi connectivity index (χ1v) is 5.75. The molecule has 2 aromatic rings. The molecular formula is C12H14FN5O. The molecule has 0 radical (unpaired) electrons. The number of amides is 1. The first-order chi connectivity index (χ1) is 9.08.